The van der Waals surface area contributed by atoms with E-state index in [0.29, 0.717) is 17.6 Å². The van der Waals surface area contributed by atoms with Gasteiger partial charge in [0.15, 0.2) is 11.6 Å². The highest BCUT2D eigenvalue weighted by molar-refractivity contribution is 5.89. The van der Waals surface area contributed by atoms with Gasteiger partial charge in [0.05, 0.1) is 12.1 Å². The first kappa shape index (κ1) is 23.5. The van der Waals surface area contributed by atoms with E-state index in [2.05, 4.69) is 31.8 Å². The number of hydrogen-bond donors (Lipinski definition) is 3. The highest BCUT2D eigenvalue weighted by Crippen LogP contribution is 2.51. The Kier molecular flexibility index (Phi) is 6.41. The predicted molar refractivity (Wildman–Crippen MR) is 121 cm³/mol. The number of nitrogens with one attached hydrogen (secondary N) is 1. The van der Waals surface area contributed by atoms with Crippen molar-refractivity contribution in [2.45, 2.75) is 45.8 Å². The number of halogens is 2. The van der Waals surface area contributed by atoms with E-state index >= 15 is 0 Å². The number of carboxylic acids is 1. The fraction of sp³-hybridized carbons (Fsp3) is 0.320. The number of aliphatic hydroxyl groups is 1. The van der Waals surface area contributed by atoms with Gasteiger partial charge in [-0.3, -0.25) is 4.79 Å². The quantitative estimate of drug-likeness (QED) is 0.530. The van der Waals surface area contributed by atoms with Gasteiger partial charge in [-0.1, -0.05) is 18.7 Å². The summed E-state index contributed by atoms with van der Waals surface area (Å²) in [5.41, 5.74) is 5.38. The molecule has 0 amide bonds. The van der Waals surface area contributed by atoms with Crippen molar-refractivity contribution in [3.8, 4) is 16.9 Å². The second-order valence-electron chi connectivity index (χ2n) is 8.63. The number of ether oxygens (including phenoxy) is 1. The third kappa shape index (κ3) is 4.67. The number of rotatable bonds is 3. The van der Waals surface area contributed by atoms with Crippen molar-refractivity contribution in [2.24, 2.45) is 0 Å². The summed E-state index contributed by atoms with van der Waals surface area (Å²) in [4.78, 5) is 9.00. The molecule has 2 aliphatic heterocycles. The van der Waals surface area contributed by atoms with Crippen LogP contribution in [0, 0.1) is 11.6 Å². The molecular formula is C25H27F2NO4. The topological polar surface area (TPSA) is 78.8 Å². The molecule has 0 aromatic heterocycles. The van der Waals surface area contributed by atoms with E-state index in [1.54, 1.807) is 0 Å². The maximum atomic E-state index is 14.5. The molecule has 0 saturated carbocycles. The lowest BCUT2D eigenvalue weighted by molar-refractivity contribution is -0.134. The van der Waals surface area contributed by atoms with Crippen LogP contribution in [0.25, 0.3) is 16.7 Å². The van der Waals surface area contributed by atoms with Gasteiger partial charge in [0.25, 0.3) is 5.97 Å². The van der Waals surface area contributed by atoms with Crippen molar-refractivity contribution in [3.05, 3.63) is 65.3 Å². The van der Waals surface area contributed by atoms with Gasteiger partial charge in [0, 0.05) is 41.8 Å². The van der Waals surface area contributed by atoms with Crippen molar-refractivity contribution in [3.63, 3.8) is 0 Å². The number of carbonyl (C=O) groups is 1. The zero-order chi connectivity index (χ0) is 23.8. The number of benzene rings is 2. The van der Waals surface area contributed by atoms with Gasteiger partial charge in [-0.15, -0.1) is 0 Å². The van der Waals surface area contributed by atoms with Crippen LogP contribution in [0.15, 0.2) is 42.5 Å². The highest BCUT2D eigenvalue weighted by Gasteiger charge is 2.35. The average molecular weight is 443 g/mol. The molecule has 2 aromatic carbocycles. The molecule has 0 bridgehead atoms. The number of allylic oxidation sites excluding steroid dienone is 1. The second-order valence-corrected chi connectivity index (χ2v) is 8.63. The van der Waals surface area contributed by atoms with Crippen LogP contribution in [0.1, 0.15) is 51.3 Å². The minimum atomic E-state index is -0.833. The average Bonchev–Trinajstić information content (AvgIpc) is 2.66. The molecular weight excluding hydrogens is 416 g/mol. The van der Waals surface area contributed by atoms with Gasteiger partial charge < -0.3 is 20.3 Å². The van der Waals surface area contributed by atoms with Crippen LogP contribution in [0.2, 0.25) is 0 Å². The van der Waals surface area contributed by atoms with E-state index in [4.69, 9.17) is 14.6 Å². The van der Waals surface area contributed by atoms with Crippen molar-refractivity contribution >= 4 is 17.2 Å². The van der Waals surface area contributed by atoms with Crippen LogP contribution < -0.4 is 10.1 Å². The SMILES string of the molecule is C=C(CO)CC1Oc2c(F)cc(F)cc2-c2ccc3c(c21)C(C)=CC(C)(C)N3.CC(=O)O. The maximum Gasteiger partial charge on any atom is 0.300 e. The molecule has 7 heteroatoms. The number of carboxylic acid groups (broad SMARTS) is 1. The van der Waals surface area contributed by atoms with E-state index in [1.165, 1.54) is 6.07 Å². The Balaban J connectivity index is 0.000000668. The lowest BCUT2D eigenvalue weighted by Crippen LogP contribution is -2.32. The smallest absolute Gasteiger partial charge is 0.300 e. The molecule has 170 valence electrons. The molecule has 0 saturated heterocycles. The summed E-state index contributed by atoms with van der Waals surface area (Å²) in [5, 5.41) is 20.4. The summed E-state index contributed by atoms with van der Waals surface area (Å²) in [5.74, 6) is -2.17. The summed E-state index contributed by atoms with van der Waals surface area (Å²) >= 11 is 0. The fourth-order valence-corrected chi connectivity index (χ4v) is 4.27. The van der Waals surface area contributed by atoms with E-state index in [1.807, 2.05) is 19.1 Å². The molecule has 2 aromatic rings. The van der Waals surface area contributed by atoms with Crippen molar-refractivity contribution < 1.29 is 28.5 Å². The van der Waals surface area contributed by atoms with E-state index in [0.717, 1.165) is 40.9 Å². The molecule has 2 heterocycles. The largest absolute Gasteiger partial charge is 0.482 e. The lowest BCUT2D eigenvalue weighted by Gasteiger charge is -2.37. The van der Waals surface area contributed by atoms with Gasteiger partial charge in [0.1, 0.15) is 11.9 Å². The van der Waals surface area contributed by atoms with Gasteiger partial charge >= 0.3 is 0 Å². The number of aliphatic carboxylic acids is 1. The number of fused-ring (bicyclic) bond motifs is 5. The van der Waals surface area contributed by atoms with Gasteiger partial charge in [-0.25, -0.2) is 8.78 Å². The molecule has 2 aliphatic rings. The molecule has 32 heavy (non-hydrogen) atoms. The molecule has 0 radical (unpaired) electrons. The van der Waals surface area contributed by atoms with Crippen LogP contribution in [-0.4, -0.2) is 28.3 Å². The Morgan fingerprint density at radius 2 is 1.91 bits per heavy atom. The summed E-state index contributed by atoms with van der Waals surface area (Å²) in [6.45, 7) is 11.0. The summed E-state index contributed by atoms with van der Waals surface area (Å²) in [6.07, 6.45) is 1.95. The normalized spacial score (nSPS) is 17.2. The van der Waals surface area contributed by atoms with Crippen LogP contribution in [0.4, 0.5) is 14.5 Å². The van der Waals surface area contributed by atoms with Gasteiger partial charge in [0.2, 0.25) is 0 Å². The van der Waals surface area contributed by atoms with Crippen LogP contribution >= 0.6 is 0 Å². The molecule has 1 unspecified atom stereocenters. The number of aliphatic hydroxyl groups excluding tert-OH is 1. The maximum absolute atomic E-state index is 14.5. The molecule has 4 rings (SSSR count). The lowest BCUT2D eigenvalue weighted by atomic mass is 9.81. The minimum Gasteiger partial charge on any atom is -0.482 e. The third-order valence-electron chi connectivity index (χ3n) is 5.25. The zero-order valence-electron chi connectivity index (χ0n) is 18.6. The van der Waals surface area contributed by atoms with Crippen molar-refractivity contribution in [1.29, 1.82) is 0 Å². The van der Waals surface area contributed by atoms with Gasteiger partial charge in [-0.05, 0) is 49.6 Å². The first-order valence-corrected chi connectivity index (χ1v) is 10.2. The summed E-state index contributed by atoms with van der Waals surface area (Å²) < 4.78 is 34.5. The Bertz CT molecular complexity index is 1120. The van der Waals surface area contributed by atoms with Gasteiger partial charge in [-0.2, -0.15) is 0 Å². The van der Waals surface area contributed by atoms with Crippen LogP contribution in [0.5, 0.6) is 5.75 Å². The summed E-state index contributed by atoms with van der Waals surface area (Å²) in [6, 6.07) is 5.96. The first-order valence-electron chi connectivity index (χ1n) is 10.2. The number of anilines is 1. The Hall–Kier alpha value is -3.19. The molecule has 1 atom stereocenters. The fourth-order valence-electron chi connectivity index (χ4n) is 4.27. The molecule has 0 aliphatic carbocycles. The van der Waals surface area contributed by atoms with E-state index in [-0.39, 0.29) is 17.9 Å². The summed E-state index contributed by atoms with van der Waals surface area (Å²) in [7, 11) is 0. The van der Waals surface area contributed by atoms with Crippen LogP contribution in [-0.2, 0) is 4.79 Å². The van der Waals surface area contributed by atoms with Crippen molar-refractivity contribution in [2.75, 3.05) is 11.9 Å². The molecule has 0 fully saturated rings. The monoisotopic (exact) mass is 443 g/mol. The highest BCUT2D eigenvalue weighted by atomic mass is 19.1. The Labute approximate surface area is 186 Å². The molecule has 5 nitrogen and oxygen atoms in total. The predicted octanol–water partition coefficient (Wildman–Crippen LogP) is 5.70. The zero-order valence-corrected chi connectivity index (χ0v) is 18.6. The molecule has 0 spiro atoms. The van der Waals surface area contributed by atoms with Crippen LogP contribution in [0.3, 0.4) is 0 Å². The van der Waals surface area contributed by atoms with E-state index in [9.17, 15) is 13.9 Å². The number of hydrogen-bond acceptors (Lipinski definition) is 4. The first-order chi connectivity index (χ1) is 14.9. The standard InChI is InChI=1S/C23H23F2NO2.C2H4O2/c1-12(11-27)7-19-21-15(16-8-14(24)9-17(25)22(16)28-19)5-6-18-20(21)13(2)10-23(3,4)26-18;1-2(3)4/h5-6,8-10,19,26-27H,1,7,11H2,2-4H3;1H3,(H,3,4). The second kappa shape index (κ2) is 8.74. The Morgan fingerprint density at radius 1 is 1.25 bits per heavy atom. The third-order valence-corrected chi connectivity index (χ3v) is 5.25. The van der Waals surface area contributed by atoms with E-state index < -0.39 is 23.7 Å². The Morgan fingerprint density at radius 3 is 2.53 bits per heavy atom. The molecule has 3 N–H and O–H groups in total. The van der Waals surface area contributed by atoms with Crippen molar-refractivity contribution in [1.82, 2.24) is 0 Å². The minimum absolute atomic E-state index is 0.0373.